The van der Waals surface area contributed by atoms with Crippen LogP contribution in [0.4, 0.5) is 10.3 Å². The smallest absolute Gasteiger partial charge is 0.220 e. The standard InChI is InChI=1S/C18H17FN4S/c19-15-4-2-1-3-14(15)17-6-5-13(24-17)11-23-8-7-16-12(10-23)9-21-18(20)22-16/h1-6,9H,7-8,10-11H2,(H2,20,21,22). The summed E-state index contributed by atoms with van der Waals surface area (Å²) in [5.74, 6) is 0.169. The summed E-state index contributed by atoms with van der Waals surface area (Å²) >= 11 is 1.64. The molecule has 122 valence electrons. The fraction of sp³-hybridized carbons (Fsp3) is 0.222. The van der Waals surface area contributed by atoms with Gasteiger partial charge in [-0.05, 0) is 18.2 Å². The van der Waals surface area contributed by atoms with Crippen molar-refractivity contribution in [2.75, 3.05) is 12.3 Å². The van der Waals surface area contributed by atoms with E-state index in [-0.39, 0.29) is 5.82 Å². The molecule has 2 aromatic heterocycles. The zero-order valence-electron chi connectivity index (χ0n) is 13.1. The van der Waals surface area contributed by atoms with E-state index in [9.17, 15) is 4.39 Å². The largest absolute Gasteiger partial charge is 0.368 e. The van der Waals surface area contributed by atoms with Crippen LogP contribution in [0.25, 0.3) is 10.4 Å². The van der Waals surface area contributed by atoms with E-state index in [1.165, 1.54) is 10.9 Å². The fourth-order valence-electron chi connectivity index (χ4n) is 3.01. The molecule has 0 radical (unpaired) electrons. The number of halogens is 1. The monoisotopic (exact) mass is 340 g/mol. The van der Waals surface area contributed by atoms with Gasteiger partial charge < -0.3 is 5.73 Å². The van der Waals surface area contributed by atoms with Crippen LogP contribution in [-0.2, 0) is 19.5 Å². The second-order valence-electron chi connectivity index (χ2n) is 5.91. The zero-order valence-corrected chi connectivity index (χ0v) is 13.9. The molecule has 1 aliphatic heterocycles. The van der Waals surface area contributed by atoms with Gasteiger partial charge in [0.2, 0.25) is 5.95 Å². The minimum absolute atomic E-state index is 0.174. The van der Waals surface area contributed by atoms with Crippen LogP contribution < -0.4 is 5.73 Å². The van der Waals surface area contributed by atoms with Crippen molar-refractivity contribution >= 4 is 17.3 Å². The lowest BCUT2D eigenvalue weighted by Crippen LogP contribution is -2.30. The summed E-state index contributed by atoms with van der Waals surface area (Å²) in [5, 5.41) is 0. The van der Waals surface area contributed by atoms with Crippen LogP contribution in [0.1, 0.15) is 16.1 Å². The molecule has 3 aromatic rings. The molecule has 6 heteroatoms. The Bertz CT molecular complexity index is 877. The van der Waals surface area contributed by atoms with Crippen molar-refractivity contribution in [2.24, 2.45) is 0 Å². The van der Waals surface area contributed by atoms with Crippen molar-refractivity contribution in [3.05, 3.63) is 64.5 Å². The predicted molar refractivity (Wildman–Crippen MR) is 94.0 cm³/mol. The molecule has 0 saturated heterocycles. The molecule has 1 aromatic carbocycles. The molecule has 1 aliphatic rings. The second-order valence-corrected chi connectivity index (χ2v) is 7.07. The van der Waals surface area contributed by atoms with Gasteiger partial charge in [-0.3, -0.25) is 4.90 Å². The first-order valence-corrected chi connectivity index (χ1v) is 8.67. The normalized spacial score (nSPS) is 14.5. The summed E-state index contributed by atoms with van der Waals surface area (Å²) in [6.45, 7) is 2.61. The van der Waals surface area contributed by atoms with Gasteiger partial charge in [0.05, 0.1) is 5.69 Å². The number of nitrogens with two attached hydrogens (primary N) is 1. The van der Waals surface area contributed by atoms with Crippen LogP contribution in [0.15, 0.2) is 42.6 Å². The maximum absolute atomic E-state index is 13.9. The maximum atomic E-state index is 13.9. The molecular weight excluding hydrogens is 323 g/mol. The van der Waals surface area contributed by atoms with Crippen molar-refractivity contribution in [3.63, 3.8) is 0 Å². The Hall–Kier alpha value is -2.31. The van der Waals surface area contributed by atoms with Gasteiger partial charge in [0, 0.05) is 53.1 Å². The Balaban J connectivity index is 1.49. The summed E-state index contributed by atoms with van der Waals surface area (Å²) in [6.07, 6.45) is 2.70. The highest BCUT2D eigenvalue weighted by Gasteiger charge is 2.19. The highest BCUT2D eigenvalue weighted by atomic mass is 32.1. The highest BCUT2D eigenvalue weighted by Crippen LogP contribution is 2.31. The fourth-order valence-corrected chi connectivity index (χ4v) is 4.09. The van der Waals surface area contributed by atoms with E-state index in [1.807, 2.05) is 24.4 Å². The lowest BCUT2D eigenvalue weighted by molar-refractivity contribution is 0.245. The van der Waals surface area contributed by atoms with Crippen molar-refractivity contribution in [1.29, 1.82) is 0 Å². The number of nitrogen functional groups attached to an aromatic ring is 1. The van der Waals surface area contributed by atoms with E-state index < -0.39 is 0 Å². The molecular formula is C18H17FN4S. The van der Waals surface area contributed by atoms with Crippen molar-refractivity contribution in [3.8, 4) is 10.4 Å². The molecule has 4 rings (SSSR count). The Morgan fingerprint density at radius 3 is 2.96 bits per heavy atom. The first-order chi connectivity index (χ1) is 11.7. The molecule has 0 aliphatic carbocycles. The van der Waals surface area contributed by atoms with Crippen LogP contribution in [0.5, 0.6) is 0 Å². The number of anilines is 1. The molecule has 0 atom stereocenters. The number of benzene rings is 1. The molecule has 4 nitrogen and oxygen atoms in total. The molecule has 0 spiro atoms. The predicted octanol–water partition coefficient (Wildman–Crippen LogP) is 3.48. The zero-order chi connectivity index (χ0) is 16.5. The third-order valence-corrected chi connectivity index (χ3v) is 5.32. The number of hydrogen-bond acceptors (Lipinski definition) is 5. The number of nitrogens with zero attached hydrogens (tertiary/aromatic N) is 3. The van der Waals surface area contributed by atoms with Gasteiger partial charge in [0.25, 0.3) is 0 Å². The van der Waals surface area contributed by atoms with Crippen molar-refractivity contribution in [1.82, 2.24) is 14.9 Å². The molecule has 3 heterocycles. The van der Waals surface area contributed by atoms with E-state index in [0.717, 1.165) is 42.2 Å². The van der Waals surface area contributed by atoms with Crippen molar-refractivity contribution < 1.29 is 4.39 Å². The van der Waals surface area contributed by atoms with Crippen LogP contribution in [0.2, 0.25) is 0 Å². The van der Waals surface area contributed by atoms with Crippen LogP contribution in [0, 0.1) is 5.82 Å². The summed E-state index contributed by atoms with van der Waals surface area (Å²) in [4.78, 5) is 13.0. The number of aromatic nitrogens is 2. The first-order valence-electron chi connectivity index (χ1n) is 7.85. The van der Waals surface area contributed by atoms with Gasteiger partial charge >= 0.3 is 0 Å². The number of fused-ring (bicyclic) bond motifs is 1. The molecule has 0 saturated carbocycles. The van der Waals surface area contributed by atoms with Gasteiger partial charge in [-0.2, -0.15) is 0 Å². The van der Waals surface area contributed by atoms with E-state index in [2.05, 4.69) is 20.9 Å². The average molecular weight is 340 g/mol. The minimum Gasteiger partial charge on any atom is -0.368 e. The lowest BCUT2D eigenvalue weighted by Gasteiger charge is -2.27. The SMILES string of the molecule is Nc1ncc2c(n1)CCN(Cc1ccc(-c3ccccc3F)s1)C2. The third-order valence-electron chi connectivity index (χ3n) is 4.21. The quantitative estimate of drug-likeness (QED) is 0.793. The Morgan fingerprint density at radius 2 is 2.08 bits per heavy atom. The summed E-state index contributed by atoms with van der Waals surface area (Å²) in [5.41, 5.74) is 8.51. The van der Waals surface area contributed by atoms with E-state index in [4.69, 9.17) is 5.73 Å². The number of thiophene rings is 1. The average Bonchev–Trinajstić information content (AvgIpc) is 3.04. The van der Waals surface area contributed by atoms with E-state index >= 15 is 0 Å². The molecule has 24 heavy (non-hydrogen) atoms. The Kier molecular flexibility index (Phi) is 4.00. The molecule has 0 fully saturated rings. The second kappa shape index (κ2) is 6.30. The molecule has 0 amide bonds. The third kappa shape index (κ3) is 3.02. The summed E-state index contributed by atoms with van der Waals surface area (Å²) in [7, 11) is 0. The topological polar surface area (TPSA) is 55.0 Å². The highest BCUT2D eigenvalue weighted by molar-refractivity contribution is 7.15. The molecule has 2 N–H and O–H groups in total. The van der Waals surface area contributed by atoms with Gasteiger partial charge in [0.15, 0.2) is 0 Å². The van der Waals surface area contributed by atoms with E-state index in [0.29, 0.717) is 11.5 Å². The van der Waals surface area contributed by atoms with Gasteiger partial charge in [-0.1, -0.05) is 18.2 Å². The van der Waals surface area contributed by atoms with Crippen LogP contribution in [0.3, 0.4) is 0 Å². The first kappa shape index (κ1) is 15.2. The maximum Gasteiger partial charge on any atom is 0.220 e. The van der Waals surface area contributed by atoms with E-state index in [1.54, 1.807) is 17.4 Å². The summed E-state index contributed by atoms with van der Waals surface area (Å²) in [6, 6.07) is 11.0. The number of hydrogen-bond donors (Lipinski definition) is 1. The molecule has 0 bridgehead atoms. The van der Waals surface area contributed by atoms with Crippen molar-refractivity contribution in [2.45, 2.75) is 19.5 Å². The minimum atomic E-state index is -0.174. The lowest BCUT2D eigenvalue weighted by atomic mass is 10.1. The Labute approximate surface area is 143 Å². The van der Waals surface area contributed by atoms with Gasteiger partial charge in [-0.15, -0.1) is 11.3 Å². The van der Waals surface area contributed by atoms with Gasteiger partial charge in [0.1, 0.15) is 5.82 Å². The molecule has 0 unspecified atom stereocenters. The van der Waals surface area contributed by atoms with Crippen LogP contribution >= 0.6 is 11.3 Å². The van der Waals surface area contributed by atoms with Gasteiger partial charge in [-0.25, -0.2) is 14.4 Å². The summed E-state index contributed by atoms with van der Waals surface area (Å²) < 4.78 is 13.9. The Morgan fingerprint density at radius 1 is 1.21 bits per heavy atom. The number of rotatable bonds is 3. The van der Waals surface area contributed by atoms with Crippen LogP contribution in [-0.4, -0.2) is 21.4 Å².